The first-order valence-electron chi connectivity index (χ1n) is 6.47. The molecule has 1 N–H and O–H groups in total. The van der Waals surface area contributed by atoms with E-state index < -0.39 is 5.56 Å². The van der Waals surface area contributed by atoms with Gasteiger partial charge in [-0.1, -0.05) is 54.1 Å². The number of H-pyrrole nitrogens is 1. The van der Waals surface area contributed by atoms with Gasteiger partial charge in [-0.05, 0) is 23.6 Å². The van der Waals surface area contributed by atoms with Crippen LogP contribution in [0.15, 0.2) is 53.3 Å². The van der Waals surface area contributed by atoms with Gasteiger partial charge in [0.25, 0.3) is 5.56 Å². The van der Waals surface area contributed by atoms with Gasteiger partial charge >= 0.3 is 0 Å². The molecule has 0 radical (unpaired) electrons. The molecule has 0 aliphatic heterocycles. The Bertz CT molecular complexity index is 908. The van der Waals surface area contributed by atoms with Crippen LogP contribution in [-0.2, 0) is 6.42 Å². The number of hydrogen-bond donors (Lipinski definition) is 1. The lowest BCUT2D eigenvalue weighted by atomic mass is 10.0. The highest BCUT2D eigenvalue weighted by molar-refractivity contribution is 6.36. The van der Waals surface area contributed by atoms with Gasteiger partial charge in [0.05, 0.1) is 10.5 Å². The highest BCUT2D eigenvalue weighted by Crippen LogP contribution is 2.24. The summed E-state index contributed by atoms with van der Waals surface area (Å²) in [7, 11) is 0. The zero-order valence-corrected chi connectivity index (χ0v) is 11.8. The van der Waals surface area contributed by atoms with Crippen LogP contribution in [-0.4, -0.2) is 4.98 Å². The fraction of sp³-hybridized carbons (Fsp3) is 0.0588. The van der Waals surface area contributed by atoms with Crippen molar-refractivity contribution in [2.24, 2.45) is 0 Å². The third-order valence-electron chi connectivity index (χ3n) is 3.38. The Kier molecular flexibility index (Phi) is 3.47. The third-order valence-corrected chi connectivity index (χ3v) is 3.77. The first-order chi connectivity index (χ1) is 10.2. The predicted octanol–water partition coefficient (Wildman–Crippen LogP) is 3.64. The molecule has 0 aliphatic rings. The molecule has 0 unspecified atom stereocenters. The van der Waals surface area contributed by atoms with Crippen LogP contribution >= 0.6 is 11.6 Å². The average molecular weight is 295 g/mol. The van der Waals surface area contributed by atoms with Crippen molar-refractivity contribution < 1.29 is 0 Å². The van der Waals surface area contributed by atoms with Crippen molar-refractivity contribution in [3.8, 4) is 6.07 Å². The highest BCUT2D eigenvalue weighted by Gasteiger charge is 2.10. The van der Waals surface area contributed by atoms with Gasteiger partial charge in [0.15, 0.2) is 0 Å². The summed E-state index contributed by atoms with van der Waals surface area (Å²) in [5, 5.41) is 9.85. The van der Waals surface area contributed by atoms with E-state index in [-0.39, 0.29) is 10.6 Å². The zero-order valence-electron chi connectivity index (χ0n) is 11.1. The van der Waals surface area contributed by atoms with Gasteiger partial charge in [-0.3, -0.25) is 4.79 Å². The summed E-state index contributed by atoms with van der Waals surface area (Å²) in [6.45, 7) is 0. The zero-order chi connectivity index (χ0) is 14.8. The number of nitrogens with zero attached hydrogens (tertiary/aromatic N) is 1. The van der Waals surface area contributed by atoms with Crippen LogP contribution in [0.25, 0.3) is 10.9 Å². The molecule has 3 aromatic rings. The van der Waals surface area contributed by atoms with Crippen LogP contribution in [0.1, 0.15) is 16.7 Å². The Morgan fingerprint density at radius 1 is 1.10 bits per heavy atom. The summed E-state index contributed by atoms with van der Waals surface area (Å²) in [6.07, 6.45) is 0.774. The maximum absolute atomic E-state index is 11.8. The second kappa shape index (κ2) is 5.43. The van der Waals surface area contributed by atoms with Gasteiger partial charge in [-0.15, -0.1) is 0 Å². The van der Waals surface area contributed by atoms with E-state index in [9.17, 15) is 4.79 Å². The van der Waals surface area contributed by atoms with Crippen LogP contribution in [0.3, 0.4) is 0 Å². The molecule has 0 atom stereocenters. The quantitative estimate of drug-likeness (QED) is 0.784. The summed E-state index contributed by atoms with van der Waals surface area (Å²) in [6, 6.07) is 17.6. The molecule has 1 aromatic heterocycles. The first-order valence-corrected chi connectivity index (χ1v) is 6.85. The summed E-state index contributed by atoms with van der Waals surface area (Å²) < 4.78 is 0. The monoisotopic (exact) mass is 294 g/mol. The van der Waals surface area contributed by atoms with Crippen molar-refractivity contribution in [2.75, 3.05) is 0 Å². The summed E-state index contributed by atoms with van der Waals surface area (Å²) in [5.41, 5.74) is 2.42. The Labute approximate surface area is 126 Å². The number of nitriles is 1. The van der Waals surface area contributed by atoms with Crippen molar-refractivity contribution in [2.45, 2.75) is 6.42 Å². The van der Waals surface area contributed by atoms with E-state index in [0.717, 1.165) is 12.0 Å². The number of pyridine rings is 1. The molecule has 0 amide bonds. The van der Waals surface area contributed by atoms with Gasteiger partial charge in [0, 0.05) is 5.39 Å². The minimum Gasteiger partial charge on any atom is -0.321 e. The summed E-state index contributed by atoms with van der Waals surface area (Å²) >= 11 is 6.12. The topological polar surface area (TPSA) is 56.6 Å². The van der Waals surface area contributed by atoms with E-state index >= 15 is 0 Å². The van der Waals surface area contributed by atoms with E-state index in [1.807, 2.05) is 42.5 Å². The van der Waals surface area contributed by atoms with Crippen molar-refractivity contribution >= 4 is 22.5 Å². The molecule has 0 saturated heterocycles. The fourth-order valence-electron chi connectivity index (χ4n) is 2.35. The van der Waals surface area contributed by atoms with E-state index in [1.54, 1.807) is 0 Å². The minimum absolute atomic E-state index is 0.0417. The molecule has 0 bridgehead atoms. The first kappa shape index (κ1) is 13.4. The number of halogens is 1. The fourth-order valence-corrected chi connectivity index (χ4v) is 2.64. The van der Waals surface area contributed by atoms with Gasteiger partial charge in [0.2, 0.25) is 0 Å². The van der Waals surface area contributed by atoms with Crippen molar-refractivity contribution in [3.63, 3.8) is 0 Å². The highest BCUT2D eigenvalue weighted by atomic mass is 35.5. The second-order valence-electron chi connectivity index (χ2n) is 4.80. The lowest BCUT2D eigenvalue weighted by molar-refractivity contribution is 1.19. The summed E-state index contributed by atoms with van der Waals surface area (Å²) in [4.78, 5) is 14.5. The molecular formula is C17H11ClN2O. The number of aromatic nitrogens is 1. The van der Waals surface area contributed by atoms with Crippen molar-refractivity contribution in [1.29, 1.82) is 5.26 Å². The predicted molar refractivity (Wildman–Crippen MR) is 83.5 cm³/mol. The molecule has 1 heterocycles. The van der Waals surface area contributed by atoms with Crippen LogP contribution in [0, 0.1) is 11.3 Å². The maximum atomic E-state index is 11.8. The number of benzene rings is 2. The molecule has 2 aromatic carbocycles. The summed E-state index contributed by atoms with van der Waals surface area (Å²) in [5.74, 6) is 0. The smallest absolute Gasteiger partial charge is 0.267 e. The van der Waals surface area contributed by atoms with E-state index in [1.165, 1.54) is 5.56 Å². The van der Waals surface area contributed by atoms with Gasteiger partial charge in [0.1, 0.15) is 11.6 Å². The van der Waals surface area contributed by atoms with Crippen LogP contribution in [0.5, 0.6) is 0 Å². The Balaban J connectivity index is 2.09. The molecule has 21 heavy (non-hydrogen) atoms. The molecule has 102 valence electrons. The van der Waals surface area contributed by atoms with Crippen LogP contribution in [0.2, 0.25) is 5.02 Å². The van der Waals surface area contributed by atoms with E-state index in [2.05, 4.69) is 17.1 Å². The molecule has 0 saturated carbocycles. The third kappa shape index (κ3) is 2.54. The van der Waals surface area contributed by atoms with Gasteiger partial charge in [-0.2, -0.15) is 5.26 Å². The molecular weight excluding hydrogens is 284 g/mol. The molecule has 3 nitrogen and oxygen atoms in total. The largest absolute Gasteiger partial charge is 0.321 e. The molecule has 0 spiro atoms. The van der Waals surface area contributed by atoms with Gasteiger partial charge in [-0.25, -0.2) is 0 Å². The van der Waals surface area contributed by atoms with Crippen LogP contribution in [0.4, 0.5) is 0 Å². The van der Waals surface area contributed by atoms with Crippen LogP contribution < -0.4 is 5.56 Å². The minimum atomic E-state index is -0.452. The number of nitrogens with one attached hydrogen (secondary N) is 1. The SMILES string of the molecule is N#Cc1c(Cl)c2ccc(Cc3ccccc3)cc2[nH]c1=O. The van der Waals surface area contributed by atoms with Gasteiger partial charge < -0.3 is 4.98 Å². The lowest BCUT2D eigenvalue weighted by Crippen LogP contribution is -2.10. The lowest BCUT2D eigenvalue weighted by Gasteiger charge is -2.06. The molecule has 4 heteroatoms. The number of aromatic amines is 1. The molecule has 0 fully saturated rings. The number of rotatable bonds is 2. The Morgan fingerprint density at radius 2 is 1.86 bits per heavy atom. The normalized spacial score (nSPS) is 10.5. The Morgan fingerprint density at radius 3 is 2.57 bits per heavy atom. The molecule has 0 aliphatic carbocycles. The number of fused-ring (bicyclic) bond motifs is 1. The van der Waals surface area contributed by atoms with Crippen molar-refractivity contribution in [3.05, 3.63) is 80.6 Å². The average Bonchev–Trinajstić information content (AvgIpc) is 2.48. The standard InChI is InChI=1S/C17H11ClN2O/c18-16-13-7-6-12(8-11-4-2-1-3-5-11)9-15(13)20-17(21)14(16)10-19/h1-7,9H,8H2,(H,20,21). The van der Waals surface area contributed by atoms with E-state index in [0.29, 0.717) is 10.9 Å². The maximum Gasteiger partial charge on any atom is 0.267 e. The van der Waals surface area contributed by atoms with E-state index in [4.69, 9.17) is 16.9 Å². The second-order valence-corrected chi connectivity index (χ2v) is 5.18. The van der Waals surface area contributed by atoms with Crippen molar-refractivity contribution in [1.82, 2.24) is 4.98 Å². The number of hydrogen-bond acceptors (Lipinski definition) is 2. The Hall–Kier alpha value is -2.57. The molecule has 3 rings (SSSR count).